The Bertz CT molecular complexity index is 531. The van der Waals surface area contributed by atoms with Gasteiger partial charge in [0.15, 0.2) is 6.33 Å². The van der Waals surface area contributed by atoms with E-state index in [2.05, 4.69) is 15.5 Å². The standard InChI is InChI=1S/C13H14N4O2/c14-7-10-1-3-11(4-2-10)12(18)8-15-6-5-13-16-9-17-19-13/h1-4,9,12,15,18H,5-6,8H2. The molecule has 98 valence electrons. The van der Waals surface area contributed by atoms with Gasteiger partial charge in [-0.25, -0.2) is 0 Å². The lowest BCUT2D eigenvalue weighted by Crippen LogP contribution is -2.23. The van der Waals surface area contributed by atoms with Crippen LogP contribution < -0.4 is 5.32 Å². The molecule has 0 aliphatic heterocycles. The molecule has 2 rings (SSSR count). The molecule has 0 saturated carbocycles. The topological polar surface area (TPSA) is 95.0 Å². The van der Waals surface area contributed by atoms with Crippen LogP contribution in [0.3, 0.4) is 0 Å². The van der Waals surface area contributed by atoms with Gasteiger partial charge >= 0.3 is 0 Å². The van der Waals surface area contributed by atoms with Crippen molar-refractivity contribution in [2.24, 2.45) is 0 Å². The lowest BCUT2D eigenvalue weighted by molar-refractivity contribution is 0.174. The van der Waals surface area contributed by atoms with Crippen molar-refractivity contribution in [1.82, 2.24) is 15.5 Å². The van der Waals surface area contributed by atoms with Gasteiger partial charge < -0.3 is 14.9 Å². The molecule has 1 heterocycles. The molecule has 0 fully saturated rings. The van der Waals surface area contributed by atoms with Gasteiger partial charge in [-0.2, -0.15) is 10.2 Å². The summed E-state index contributed by atoms with van der Waals surface area (Å²) in [5, 5.41) is 25.2. The Morgan fingerprint density at radius 3 is 2.79 bits per heavy atom. The highest BCUT2D eigenvalue weighted by atomic mass is 16.5. The molecule has 1 atom stereocenters. The number of aromatic nitrogens is 2. The molecular weight excluding hydrogens is 244 g/mol. The molecule has 0 aliphatic rings. The fourth-order valence-corrected chi connectivity index (χ4v) is 1.64. The minimum atomic E-state index is -0.601. The van der Waals surface area contributed by atoms with Crippen LogP contribution in [0, 0.1) is 11.3 Å². The van der Waals surface area contributed by atoms with Gasteiger partial charge in [0.2, 0.25) is 5.89 Å². The molecule has 0 radical (unpaired) electrons. The molecule has 0 amide bonds. The average molecular weight is 258 g/mol. The summed E-state index contributed by atoms with van der Waals surface area (Å²) in [5.41, 5.74) is 1.37. The summed E-state index contributed by atoms with van der Waals surface area (Å²) in [4.78, 5) is 3.90. The number of nitrogens with zero attached hydrogens (tertiary/aromatic N) is 3. The van der Waals surface area contributed by atoms with Gasteiger partial charge in [-0.1, -0.05) is 17.3 Å². The van der Waals surface area contributed by atoms with E-state index >= 15 is 0 Å². The number of hydrogen-bond donors (Lipinski definition) is 2. The smallest absolute Gasteiger partial charge is 0.227 e. The fraction of sp³-hybridized carbons (Fsp3) is 0.308. The first-order chi connectivity index (χ1) is 9.29. The lowest BCUT2D eigenvalue weighted by atomic mass is 10.1. The fourth-order valence-electron chi connectivity index (χ4n) is 1.64. The Labute approximate surface area is 110 Å². The van der Waals surface area contributed by atoms with Gasteiger partial charge in [0.1, 0.15) is 0 Å². The number of rotatable bonds is 6. The largest absolute Gasteiger partial charge is 0.387 e. The molecule has 1 aromatic carbocycles. The predicted molar refractivity (Wildman–Crippen MR) is 67.0 cm³/mol. The second kappa shape index (κ2) is 6.64. The normalized spacial score (nSPS) is 12.0. The zero-order valence-electron chi connectivity index (χ0n) is 10.3. The maximum absolute atomic E-state index is 9.94. The average Bonchev–Trinajstić information content (AvgIpc) is 2.96. The highest BCUT2D eigenvalue weighted by Gasteiger charge is 2.07. The van der Waals surface area contributed by atoms with E-state index in [4.69, 9.17) is 9.78 Å². The van der Waals surface area contributed by atoms with E-state index in [0.29, 0.717) is 31.0 Å². The van der Waals surface area contributed by atoms with E-state index in [1.165, 1.54) is 6.33 Å². The number of benzene rings is 1. The zero-order valence-corrected chi connectivity index (χ0v) is 10.3. The monoisotopic (exact) mass is 258 g/mol. The molecule has 1 aromatic heterocycles. The van der Waals surface area contributed by atoms with E-state index in [0.717, 1.165) is 5.56 Å². The van der Waals surface area contributed by atoms with Crippen molar-refractivity contribution in [3.8, 4) is 6.07 Å². The number of aliphatic hydroxyl groups is 1. The van der Waals surface area contributed by atoms with E-state index in [1.54, 1.807) is 24.3 Å². The second-order valence-corrected chi connectivity index (χ2v) is 4.04. The summed E-state index contributed by atoms with van der Waals surface area (Å²) in [6.07, 6.45) is 1.39. The molecule has 0 aliphatic carbocycles. The minimum absolute atomic E-state index is 0.431. The first-order valence-corrected chi connectivity index (χ1v) is 5.94. The van der Waals surface area contributed by atoms with Gasteiger partial charge in [-0.3, -0.25) is 0 Å². The number of aliphatic hydroxyl groups excluding tert-OH is 1. The number of hydrogen-bond acceptors (Lipinski definition) is 6. The van der Waals surface area contributed by atoms with Crippen molar-refractivity contribution in [2.45, 2.75) is 12.5 Å². The molecule has 6 heteroatoms. The van der Waals surface area contributed by atoms with E-state index < -0.39 is 6.10 Å². The third kappa shape index (κ3) is 3.88. The molecule has 2 aromatic rings. The van der Waals surface area contributed by atoms with Crippen LogP contribution in [0.2, 0.25) is 0 Å². The molecule has 1 unspecified atom stereocenters. The van der Waals surface area contributed by atoms with Crippen LogP contribution in [0.1, 0.15) is 23.1 Å². The Balaban J connectivity index is 1.74. The number of nitriles is 1. The lowest BCUT2D eigenvalue weighted by Gasteiger charge is -2.11. The van der Waals surface area contributed by atoms with Crippen LogP contribution >= 0.6 is 0 Å². The van der Waals surface area contributed by atoms with Gasteiger partial charge in [0.05, 0.1) is 17.7 Å². The minimum Gasteiger partial charge on any atom is -0.387 e. The van der Waals surface area contributed by atoms with Crippen molar-refractivity contribution in [2.75, 3.05) is 13.1 Å². The van der Waals surface area contributed by atoms with Gasteiger partial charge in [-0.15, -0.1) is 0 Å². The summed E-state index contributed by atoms with van der Waals surface area (Å²) < 4.78 is 4.86. The summed E-state index contributed by atoms with van der Waals surface area (Å²) >= 11 is 0. The highest BCUT2D eigenvalue weighted by molar-refractivity contribution is 5.32. The SMILES string of the molecule is N#Cc1ccc(C(O)CNCCc2ncno2)cc1. The summed E-state index contributed by atoms with van der Waals surface area (Å²) in [5.74, 6) is 0.570. The molecule has 6 nitrogen and oxygen atoms in total. The first-order valence-electron chi connectivity index (χ1n) is 5.94. The Morgan fingerprint density at radius 1 is 1.37 bits per heavy atom. The molecule has 2 N–H and O–H groups in total. The quantitative estimate of drug-likeness (QED) is 0.744. The summed E-state index contributed by atoms with van der Waals surface area (Å²) in [7, 11) is 0. The molecule has 0 spiro atoms. The van der Waals surface area contributed by atoms with Gasteiger partial charge in [0.25, 0.3) is 0 Å². The van der Waals surface area contributed by atoms with E-state index in [-0.39, 0.29) is 0 Å². The first kappa shape index (κ1) is 13.2. The summed E-state index contributed by atoms with van der Waals surface area (Å²) in [6, 6.07) is 8.93. The Kier molecular flexibility index (Phi) is 4.61. The van der Waals surface area contributed by atoms with E-state index in [1.807, 2.05) is 6.07 Å². The molecule has 0 bridgehead atoms. The van der Waals surface area contributed by atoms with Crippen molar-refractivity contribution in [3.05, 3.63) is 47.6 Å². The predicted octanol–water partition coefficient (Wildman–Crippen LogP) is 0.807. The van der Waals surface area contributed by atoms with Crippen molar-refractivity contribution in [3.63, 3.8) is 0 Å². The second-order valence-electron chi connectivity index (χ2n) is 4.04. The zero-order chi connectivity index (χ0) is 13.5. The Hall–Kier alpha value is -2.23. The van der Waals surface area contributed by atoms with Gasteiger partial charge in [-0.05, 0) is 17.7 Å². The molecule has 0 saturated heterocycles. The molecule has 19 heavy (non-hydrogen) atoms. The van der Waals surface area contributed by atoms with Gasteiger partial charge in [0, 0.05) is 19.5 Å². The van der Waals surface area contributed by atoms with Crippen LogP contribution in [0.25, 0.3) is 0 Å². The maximum Gasteiger partial charge on any atom is 0.227 e. The molecular formula is C13H14N4O2. The van der Waals surface area contributed by atoms with Crippen LogP contribution in [-0.2, 0) is 6.42 Å². The van der Waals surface area contributed by atoms with Crippen LogP contribution in [0.4, 0.5) is 0 Å². The highest BCUT2D eigenvalue weighted by Crippen LogP contribution is 2.12. The maximum atomic E-state index is 9.94. The third-order valence-corrected chi connectivity index (χ3v) is 2.68. The van der Waals surface area contributed by atoms with Crippen molar-refractivity contribution >= 4 is 0 Å². The van der Waals surface area contributed by atoms with Crippen molar-refractivity contribution < 1.29 is 9.63 Å². The van der Waals surface area contributed by atoms with Crippen molar-refractivity contribution in [1.29, 1.82) is 5.26 Å². The van der Waals surface area contributed by atoms with Crippen LogP contribution in [0.5, 0.6) is 0 Å². The van der Waals surface area contributed by atoms with Crippen LogP contribution in [0.15, 0.2) is 35.1 Å². The summed E-state index contributed by atoms with van der Waals surface area (Å²) in [6.45, 7) is 1.08. The third-order valence-electron chi connectivity index (χ3n) is 2.68. The number of nitrogens with one attached hydrogen (secondary N) is 1. The van der Waals surface area contributed by atoms with E-state index in [9.17, 15) is 5.11 Å². The van der Waals surface area contributed by atoms with Crippen LogP contribution in [-0.4, -0.2) is 28.3 Å². The Morgan fingerprint density at radius 2 is 2.16 bits per heavy atom.